The Morgan fingerprint density at radius 2 is 2.00 bits per heavy atom. The van der Waals surface area contributed by atoms with Crippen molar-refractivity contribution in [3.05, 3.63) is 47.4 Å². The van der Waals surface area contributed by atoms with Gasteiger partial charge in [0.2, 0.25) is 0 Å². The number of amides is 1. The number of halogens is 1. The molecule has 2 aromatic heterocycles. The molecule has 7 nitrogen and oxygen atoms in total. The molecule has 1 aliphatic carbocycles. The summed E-state index contributed by atoms with van der Waals surface area (Å²) in [6.45, 7) is 2.51. The van der Waals surface area contributed by atoms with Crippen LogP contribution in [0.3, 0.4) is 0 Å². The Morgan fingerprint density at radius 3 is 2.72 bits per heavy atom. The van der Waals surface area contributed by atoms with Gasteiger partial charge in [0.1, 0.15) is 17.5 Å². The van der Waals surface area contributed by atoms with E-state index in [1.165, 1.54) is 30.8 Å². The SMILES string of the molecule is Cc1nnc(CN(CC2CCCCC2)C(=O)C(=O)c2c[nH]c3cc(F)ccc23)[nH]1. The van der Waals surface area contributed by atoms with E-state index in [4.69, 9.17) is 0 Å². The van der Waals surface area contributed by atoms with E-state index in [-0.39, 0.29) is 12.1 Å². The van der Waals surface area contributed by atoms with Crippen LogP contribution in [0.4, 0.5) is 4.39 Å². The second kappa shape index (κ2) is 8.14. The number of nitrogens with zero attached hydrogens (tertiary/aromatic N) is 3. The van der Waals surface area contributed by atoms with Gasteiger partial charge in [0.05, 0.1) is 12.1 Å². The van der Waals surface area contributed by atoms with Crippen LogP contribution in [0.1, 0.15) is 54.1 Å². The largest absolute Gasteiger partial charge is 0.360 e. The van der Waals surface area contributed by atoms with Crippen LogP contribution in [0.5, 0.6) is 0 Å². The molecule has 0 radical (unpaired) electrons. The van der Waals surface area contributed by atoms with E-state index in [9.17, 15) is 14.0 Å². The zero-order valence-corrected chi connectivity index (χ0v) is 16.4. The van der Waals surface area contributed by atoms with E-state index >= 15 is 0 Å². The maximum absolute atomic E-state index is 13.4. The molecule has 0 bridgehead atoms. The van der Waals surface area contributed by atoms with Crippen molar-refractivity contribution in [2.24, 2.45) is 5.92 Å². The van der Waals surface area contributed by atoms with Gasteiger partial charge in [0.25, 0.3) is 11.7 Å². The van der Waals surface area contributed by atoms with Crippen molar-refractivity contribution in [3.63, 3.8) is 0 Å². The van der Waals surface area contributed by atoms with Crippen LogP contribution < -0.4 is 0 Å². The zero-order valence-electron chi connectivity index (χ0n) is 16.4. The van der Waals surface area contributed by atoms with Gasteiger partial charge in [-0.05, 0) is 43.9 Å². The number of aryl methyl sites for hydroxylation is 1. The van der Waals surface area contributed by atoms with Gasteiger partial charge >= 0.3 is 0 Å². The van der Waals surface area contributed by atoms with Crippen LogP contribution in [0, 0.1) is 18.7 Å². The van der Waals surface area contributed by atoms with Crippen LogP contribution in [-0.4, -0.2) is 43.3 Å². The maximum Gasteiger partial charge on any atom is 0.295 e. The Kier molecular flexibility index (Phi) is 5.42. The highest BCUT2D eigenvalue weighted by molar-refractivity contribution is 6.44. The molecule has 0 atom stereocenters. The third kappa shape index (κ3) is 4.21. The third-order valence-corrected chi connectivity index (χ3v) is 5.56. The Morgan fingerprint density at radius 1 is 1.21 bits per heavy atom. The number of fused-ring (bicyclic) bond motifs is 1. The molecule has 1 saturated carbocycles. The number of hydrogen-bond donors (Lipinski definition) is 2. The van der Waals surface area contributed by atoms with Gasteiger partial charge in [-0.3, -0.25) is 9.59 Å². The second-order valence-corrected chi connectivity index (χ2v) is 7.77. The van der Waals surface area contributed by atoms with Gasteiger partial charge in [0.15, 0.2) is 0 Å². The summed E-state index contributed by atoms with van der Waals surface area (Å²) in [5.74, 6) is 0.0196. The average molecular weight is 397 g/mol. The molecule has 152 valence electrons. The summed E-state index contributed by atoms with van der Waals surface area (Å²) >= 11 is 0. The number of ketones is 1. The van der Waals surface area contributed by atoms with E-state index in [1.807, 2.05) is 0 Å². The van der Waals surface area contributed by atoms with E-state index < -0.39 is 17.5 Å². The molecule has 1 aromatic carbocycles. The summed E-state index contributed by atoms with van der Waals surface area (Å²) in [6, 6.07) is 4.12. The fourth-order valence-electron chi connectivity index (χ4n) is 4.09. The number of nitrogens with one attached hydrogen (secondary N) is 2. The maximum atomic E-state index is 13.4. The van der Waals surface area contributed by atoms with Crippen LogP contribution >= 0.6 is 0 Å². The molecule has 1 fully saturated rings. The summed E-state index contributed by atoms with van der Waals surface area (Å²) in [5, 5.41) is 8.54. The summed E-state index contributed by atoms with van der Waals surface area (Å²) in [6.07, 6.45) is 7.10. The van der Waals surface area contributed by atoms with Crippen molar-refractivity contribution in [1.82, 2.24) is 25.1 Å². The smallest absolute Gasteiger partial charge is 0.295 e. The van der Waals surface area contributed by atoms with Crippen molar-refractivity contribution in [2.75, 3.05) is 6.54 Å². The lowest BCUT2D eigenvalue weighted by molar-refractivity contribution is -0.128. The normalized spacial score (nSPS) is 15.0. The van der Waals surface area contributed by atoms with Crippen molar-refractivity contribution in [1.29, 1.82) is 0 Å². The highest BCUT2D eigenvalue weighted by atomic mass is 19.1. The summed E-state index contributed by atoms with van der Waals surface area (Å²) in [7, 11) is 0. The molecule has 2 N–H and O–H groups in total. The highest BCUT2D eigenvalue weighted by Gasteiger charge is 2.29. The summed E-state index contributed by atoms with van der Waals surface area (Å²) in [5.41, 5.74) is 0.748. The number of hydrogen-bond acceptors (Lipinski definition) is 4. The standard InChI is InChI=1S/C21H24FN5O2/c1-13-24-19(26-25-13)12-27(11-14-5-3-2-4-6-14)21(29)20(28)17-10-23-18-9-15(22)7-8-16(17)18/h7-10,14,23H,2-6,11-12H2,1H3,(H,24,25,26). The Hall–Kier alpha value is -3.03. The molecule has 29 heavy (non-hydrogen) atoms. The lowest BCUT2D eigenvalue weighted by Gasteiger charge is -2.28. The van der Waals surface area contributed by atoms with Crippen LogP contribution in [0.15, 0.2) is 24.4 Å². The van der Waals surface area contributed by atoms with Crippen LogP contribution in [0.2, 0.25) is 0 Å². The number of aromatic nitrogens is 4. The first-order valence-corrected chi connectivity index (χ1v) is 9.99. The van der Waals surface area contributed by atoms with Crippen LogP contribution in [-0.2, 0) is 11.3 Å². The second-order valence-electron chi connectivity index (χ2n) is 7.77. The minimum absolute atomic E-state index is 0.207. The number of Topliss-reactive ketones (excluding diaryl/α,β-unsaturated/α-hetero) is 1. The number of H-pyrrole nitrogens is 2. The van der Waals surface area contributed by atoms with E-state index in [1.54, 1.807) is 11.8 Å². The number of carbonyl (C=O) groups excluding carboxylic acids is 2. The summed E-state index contributed by atoms with van der Waals surface area (Å²) < 4.78 is 13.4. The fraction of sp³-hybridized carbons (Fsp3) is 0.429. The van der Waals surface area contributed by atoms with Crippen molar-refractivity contribution < 1.29 is 14.0 Å². The molecule has 4 rings (SSSR count). The summed E-state index contributed by atoms with van der Waals surface area (Å²) in [4.78, 5) is 33.7. The molecule has 0 aliphatic heterocycles. The molecule has 0 spiro atoms. The number of aromatic amines is 2. The van der Waals surface area contributed by atoms with E-state index in [0.29, 0.717) is 35.0 Å². The molecule has 3 aromatic rings. The monoisotopic (exact) mass is 397 g/mol. The van der Waals surface area contributed by atoms with Gasteiger partial charge in [-0.25, -0.2) is 4.39 Å². The predicted octanol–water partition coefficient (Wildman–Crippen LogP) is 3.53. The van der Waals surface area contributed by atoms with Gasteiger partial charge in [0, 0.05) is 23.6 Å². The van der Waals surface area contributed by atoms with Gasteiger partial charge < -0.3 is 14.9 Å². The lowest BCUT2D eigenvalue weighted by atomic mass is 9.89. The van der Waals surface area contributed by atoms with Crippen molar-refractivity contribution >= 4 is 22.6 Å². The third-order valence-electron chi connectivity index (χ3n) is 5.56. The van der Waals surface area contributed by atoms with Gasteiger partial charge in [-0.15, -0.1) is 10.2 Å². The molecular formula is C21H24FN5O2. The molecule has 0 saturated heterocycles. The number of rotatable bonds is 6. The molecule has 0 unspecified atom stereocenters. The first kappa shape index (κ1) is 19.3. The number of benzene rings is 1. The Balaban J connectivity index is 1.59. The van der Waals surface area contributed by atoms with E-state index in [0.717, 1.165) is 25.7 Å². The minimum atomic E-state index is -0.602. The zero-order chi connectivity index (χ0) is 20.4. The first-order chi connectivity index (χ1) is 14.0. The van der Waals surface area contributed by atoms with Gasteiger partial charge in [-0.2, -0.15) is 0 Å². The van der Waals surface area contributed by atoms with Crippen molar-refractivity contribution in [3.8, 4) is 0 Å². The number of carbonyl (C=O) groups is 2. The minimum Gasteiger partial charge on any atom is -0.360 e. The molecule has 1 amide bonds. The topological polar surface area (TPSA) is 94.7 Å². The van der Waals surface area contributed by atoms with Crippen LogP contribution in [0.25, 0.3) is 10.9 Å². The first-order valence-electron chi connectivity index (χ1n) is 9.99. The predicted molar refractivity (Wildman–Crippen MR) is 106 cm³/mol. The molecule has 2 heterocycles. The van der Waals surface area contributed by atoms with Gasteiger partial charge in [-0.1, -0.05) is 19.3 Å². The van der Waals surface area contributed by atoms with Crippen molar-refractivity contribution in [2.45, 2.75) is 45.6 Å². The molecule has 8 heteroatoms. The highest BCUT2D eigenvalue weighted by Crippen LogP contribution is 2.26. The lowest BCUT2D eigenvalue weighted by Crippen LogP contribution is -2.40. The Labute approximate surface area is 167 Å². The average Bonchev–Trinajstić information content (AvgIpc) is 3.32. The van der Waals surface area contributed by atoms with E-state index in [2.05, 4.69) is 20.2 Å². The molecular weight excluding hydrogens is 373 g/mol. The fourth-order valence-corrected chi connectivity index (χ4v) is 4.09. The quantitative estimate of drug-likeness (QED) is 0.491. The Bertz CT molecular complexity index is 1030. The molecule has 1 aliphatic rings.